The van der Waals surface area contributed by atoms with E-state index in [1.54, 1.807) is 24.3 Å². The molecular formula is C28H40N4O4+2. The number of non-ortho nitro benzene ring substituents is 2. The van der Waals surface area contributed by atoms with Crippen molar-refractivity contribution in [2.75, 3.05) is 40.3 Å². The molecule has 0 aliphatic carbocycles. The molecule has 0 amide bonds. The Kier molecular flexibility index (Phi) is 8.05. The zero-order valence-corrected chi connectivity index (χ0v) is 21.7. The Bertz CT molecular complexity index is 953. The van der Waals surface area contributed by atoms with E-state index in [0.717, 1.165) is 33.9 Å². The lowest BCUT2D eigenvalue weighted by Crippen LogP contribution is -2.49. The number of nitrogens with zero attached hydrogens (tertiary/aromatic N) is 4. The van der Waals surface area contributed by atoms with Gasteiger partial charge in [-0.15, -0.1) is 0 Å². The number of piperidine rings is 2. The van der Waals surface area contributed by atoms with Crippen molar-refractivity contribution in [2.24, 2.45) is 11.8 Å². The van der Waals surface area contributed by atoms with Crippen molar-refractivity contribution in [2.45, 2.75) is 51.6 Å². The lowest BCUT2D eigenvalue weighted by atomic mass is 9.84. The number of nitro groups is 2. The van der Waals surface area contributed by atoms with Gasteiger partial charge in [0.25, 0.3) is 11.4 Å². The highest BCUT2D eigenvalue weighted by atomic mass is 16.6. The maximum atomic E-state index is 10.9. The number of nitro benzene ring substituents is 2. The van der Waals surface area contributed by atoms with Crippen LogP contribution in [0.25, 0.3) is 0 Å². The normalized spacial score (nSPS) is 28.5. The third-order valence-electron chi connectivity index (χ3n) is 8.71. The third-order valence-corrected chi connectivity index (χ3v) is 8.71. The highest BCUT2D eigenvalue weighted by Crippen LogP contribution is 2.33. The fraction of sp³-hybridized carbons (Fsp3) is 0.571. The van der Waals surface area contributed by atoms with Crippen molar-refractivity contribution in [3.8, 4) is 0 Å². The molecule has 194 valence electrons. The molecule has 8 heteroatoms. The Morgan fingerprint density at radius 2 is 0.944 bits per heavy atom. The first-order valence-corrected chi connectivity index (χ1v) is 13.3. The van der Waals surface area contributed by atoms with E-state index in [2.05, 4.69) is 14.1 Å². The first-order chi connectivity index (χ1) is 17.1. The van der Waals surface area contributed by atoms with Crippen molar-refractivity contribution >= 4 is 11.4 Å². The highest BCUT2D eigenvalue weighted by molar-refractivity contribution is 5.33. The van der Waals surface area contributed by atoms with Crippen LogP contribution in [0.1, 0.15) is 49.7 Å². The molecule has 2 aliphatic heterocycles. The van der Waals surface area contributed by atoms with Gasteiger partial charge in [-0.25, -0.2) is 0 Å². The van der Waals surface area contributed by atoms with Gasteiger partial charge in [0.2, 0.25) is 0 Å². The number of benzene rings is 2. The van der Waals surface area contributed by atoms with Crippen LogP contribution >= 0.6 is 0 Å². The lowest BCUT2D eigenvalue weighted by molar-refractivity contribution is -0.928. The van der Waals surface area contributed by atoms with Crippen molar-refractivity contribution in [3.05, 3.63) is 79.9 Å². The Morgan fingerprint density at radius 3 is 1.22 bits per heavy atom. The van der Waals surface area contributed by atoms with Gasteiger partial charge < -0.3 is 8.97 Å². The fourth-order valence-electron chi connectivity index (χ4n) is 6.18. The maximum absolute atomic E-state index is 10.9. The average molecular weight is 497 g/mol. The van der Waals surface area contributed by atoms with Crippen LogP contribution in [0.15, 0.2) is 48.5 Å². The topological polar surface area (TPSA) is 86.3 Å². The summed E-state index contributed by atoms with van der Waals surface area (Å²) in [5.74, 6) is 1.63. The molecule has 2 aromatic rings. The maximum Gasteiger partial charge on any atom is 0.269 e. The Morgan fingerprint density at radius 1 is 0.639 bits per heavy atom. The summed E-state index contributed by atoms with van der Waals surface area (Å²) in [4.78, 5) is 21.1. The van der Waals surface area contributed by atoms with Crippen LogP contribution < -0.4 is 0 Å². The van der Waals surface area contributed by atoms with Crippen molar-refractivity contribution in [1.82, 2.24) is 0 Å². The second-order valence-electron chi connectivity index (χ2n) is 11.8. The minimum atomic E-state index is -0.337. The van der Waals surface area contributed by atoms with E-state index in [-0.39, 0.29) is 21.2 Å². The molecule has 0 radical (unpaired) electrons. The molecule has 0 spiro atoms. The summed E-state index contributed by atoms with van der Waals surface area (Å²) < 4.78 is 2.05. The van der Waals surface area contributed by atoms with E-state index < -0.39 is 0 Å². The van der Waals surface area contributed by atoms with E-state index in [1.165, 1.54) is 75.8 Å². The van der Waals surface area contributed by atoms with Crippen LogP contribution in [0.3, 0.4) is 0 Å². The van der Waals surface area contributed by atoms with Crippen LogP contribution in [0.2, 0.25) is 0 Å². The molecule has 0 bridgehead atoms. The summed E-state index contributed by atoms with van der Waals surface area (Å²) in [6.07, 6.45) is 7.73. The molecule has 8 nitrogen and oxygen atoms in total. The van der Waals surface area contributed by atoms with Gasteiger partial charge in [-0.1, -0.05) is 0 Å². The zero-order valence-electron chi connectivity index (χ0n) is 21.7. The van der Waals surface area contributed by atoms with Crippen LogP contribution in [0, 0.1) is 32.1 Å². The SMILES string of the molecule is C[N+]1(Cc2ccc([N+](=O)[O-])cc2)CCC(CCC2CC[N+](C)(Cc3ccc([N+](=O)[O-])cc3)CC2)CC1. The summed E-state index contributed by atoms with van der Waals surface area (Å²) in [6.45, 7) is 6.59. The number of hydrogen-bond acceptors (Lipinski definition) is 4. The van der Waals surface area contributed by atoms with E-state index >= 15 is 0 Å². The van der Waals surface area contributed by atoms with Crippen LogP contribution in [0.5, 0.6) is 0 Å². The van der Waals surface area contributed by atoms with E-state index in [0.29, 0.717) is 0 Å². The second-order valence-corrected chi connectivity index (χ2v) is 11.8. The van der Waals surface area contributed by atoms with Crippen LogP contribution in [0.4, 0.5) is 11.4 Å². The largest absolute Gasteiger partial charge is 0.322 e. The molecule has 4 rings (SSSR count). The molecule has 0 N–H and O–H groups in total. The Balaban J connectivity index is 1.17. The van der Waals surface area contributed by atoms with Crippen molar-refractivity contribution in [3.63, 3.8) is 0 Å². The summed E-state index contributed by atoms with van der Waals surface area (Å²) >= 11 is 0. The monoisotopic (exact) mass is 496 g/mol. The number of likely N-dealkylation sites (tertiary alicyclic amines) is 2. The van der Waals surface area contributed by atoms with Crippen molar-refractivity contribution < 1.29 is 18.8 Å². The second kappa shape index (κ2) is 11.0. The molecular weight excluding hydrogens is 456 g/mol. The minimum absolute atomic E-state index is 0.160. The molecule has 0 saturated carbocycles. The predicted molar refractivity (Wildman–Crippen MR) is 140 cm³/mol. The number of hydrogen-bond donors (Lipinski definition) is 0. The summed E-state index contributed by atoms with van der Waals surface area (Å²) in [7, 11) is 4.64. The summed E-state index contributed by atoms with van der Waals surface area (Å²) in [5, 5.41) is 21.8. The molecule has 2 aliphatic rings. The first kappa shape index (κ1) is 26.2. The molecule has 2 heterocycles. The first-order valence-electron chi connectivity index (χ1n) is 13.3. The van der Waals surface area contributed by atoms with Gasteiger partial charge in [0.05, 0.1) is 50.1 Å². The number of quaternary nitrogens is 2. The summed E-state index contributed by atoms with van der Waals surface area (Å²) in [5.41, 5.74) is 2.68. The van der Waals surface area contributed by atoms with Gasteiger partial charge in [0.15, 0.2) is 0 Å². The quantitative estimate of drug-likeness (QED) is 0.253. The average Bonchev–Trinajstić information content (AvgIpc) is 2.85. The van der Waals surface area contributed by atoms with Gasteiger partial charge in [-0.05, 0) is 74.6 Å². The Labute approximate surface area is 214 Å². The van der Waals surface area contributed by atoms with Gasteiger partial charge in [0.1, 0.15) is 13.1 Å². The van der Waals surface area contributed by atoms with Gasteiger partial charge in [0, 0.05) is 35.4 Å². The smallest absolute Gasteiger partial charge is 0.269 e. The van der Waals surface area contributed by atoms with Crippen molar-refractivity contribution in [1.29, 1.82) is 0 Å². The zero-order chi connectivity index (χ0) is 25.8. The molecule has 2 fully saturated rings. The number of rotatable bonds is 9. The van der Waals surface area contributed by atoms with Crippen LogP contribution in [-0.4, -0.2) is 59.1 Å². The third kappa shape index (κ3) is 6.89. The standard InChI is InChI=1S/C28H40N4O4/c1-31(21-25-5-9-27(10-6-25)29(33)34)17-13-23(14-18-31)3-4-24-15-19-32(2,20-16-24)22-26-7-11-28(12-8-26)30(35)36/h5-12,23-24H,3-4,13-22H2,1-2H3/q+2. The van der Waals surface area contributed by atoms with Gasteiger partial charge >= 0.3 is 0 Å². The van der Waals surface area contributed by atoms with Gasteiger partial charge in [-0.3, -0.25) is 20.2 Å². The fourth-order valence-corrected chi connectivity index (χ4v) is 6.18. The molecule has 0 aromatic heterocycles. The van der Waals surface area contributed by atoms with E-state index in [4.69, 9.17) is 0 Å². The molecule has 0 atom stereocenters. The van der Waals surface area contributed by atoms with Gasteiger partial charge in [-0.2, -0.15) is 0 Å². The van der Waals surface area contributed by atoms with E-state index in [9.17, 15) is 20.2 Å². The summed E-state index contributed by atoms with van der Waals surface area (Å²) in [6, 6.07) is 14.1. The molecule has 36 heavy (non-hydrogen) atoms. The minimum Gasteiger partial charge on any atom is -0.322 e. The van der Waals surface area contributed by atoms with E-state index in [1.807, 2.05) is 24.3 Å². The molecule has 0 unspecified atom stereocenters. The molecule has 2 saturated heterocycles. The lowest BCUT2D eigenvalue weighted by Gasteiger charge is -2.42. The van der Waals surface area contributed by atoms with Crippen LogP contribution in [-0.2, 0) is 13.1 Å². The predicted octanol–water partition coefficient (Wildman–Crippen LogP) is 5.70. The molecule has 2 aromatic carbocycles. The highest BCUT2D eigenvalue weighted by Gasteiger charge is 2.33. The Hall–Kier alpha value is -2.84.